The van der Waals surface area contributed by atoms with Gasteiger partial charge in [0, 0.05) is 18.8 Å². The monoisotopic (exact) mass is 402 g/mol. The molecule has 1 aliphatic rings. The molecule has 9 heteroatoms. The average Bonchev–Trinajstić information content (AvgIpc) is 2.55. The molecule has 3 rings (SSSR count). The van der Waals surface area contributed by atoms with Gasteiger partial charge in [0.1, 0.15) is 11.0 Å². The van der Waals surface area contributed by atoms with Crippen LogP contribution < -0.4 is 4.90 Å². The maximum Gasteiger partial charge on any atom is 0.173 e. The van der Waals surface area contributed by atoms with Crippen molar-refractivity contribution < 1.29 is 13.2 Å². The summed E-state index contributed by atoms with van der Waals surface area (Å²) in [6.45, 7) is 1.35. The van der Waals surface area contributed by atoms with Crippen LogP contribution in [-0.2, 0) is 16.8 Å². The Kier molecular flexibility index (Phi) is 5.89. The lowest BCUT2D eigenvalue weighted by Crippen LogP contribution is -2.34. The van der Waals surface area contributed by atoms with Gasteiger partial charge < -0.3 is 9.45 Å². The van der Waals surface area contributed by atoms with Crippen LogP contribution in [0.5, 0.6) is 0 Å². The van der Waals surface area contributed by atoms with Crippen molar-refractivity contribution in [2.75, 3.05) is 18.0 Å². The number of piperidine rings is 1. The van der Waals surface area contributed by atoms with Gasteiger partial charge in [-0.25, -0.2) is 14.4 Å². The highest BCUT2D eigenvalue weighted by atomic mass is 35.5. The maximum atomic E-state index is 14.3. The first-order valence-corrected chi connectivity index (χ1v) is 9.71. The highest BCUT2D eigenvalue weighted by Gasteiger charge is 2.25. The van der Waals surface area contributed by atoms with Crippen LogP contribution in [0.3, 0.4) is 0 Å². The van der Waals surface area contributed by atoms with Gasteiger partial charge in [-0.3, -0.25) is 4.21 Å². The van der Waals surface area contributed by atoms with Crippen molar-refractivity contribution in [3.05, 3.63) is 51.6 Å². The van der Waals surface area contributed by atoms with Crippen LogP contribution in [0, 0.1) is 5.82 Å². The van der Waals surface area contributed by atoms with E-state index in [2.05, 4.69) is 9.97 Å². The van der Waals surface area contributed by atoms with E-state index in [1.54, 1.807) is 12.1 Å². The first-order valence-electron chi connectivity index (χ1n) is 7.71. The quantitative estimate of drug-likeness (QED) is 0.729. The standard InChI is InChI=1S/C16H16Cl2FN3O2S/c17-14-8-20-16(15(18)21-14)22-5-3-11(4-6-22)12-2-1-10(7-13(12)19)9-25(23)24/h1-2,7-8,11H,3-6,9H2,(H,23,24)/p-1. The van der Waals surface area contributed by atoms with Crippen LogP contribution in [0.2, 0.25) is 10.3 Å². The summed E-state index contributed by atoms with van der Waals surface area (Å²) in [5, 5.41) is 0.497. The molecule has 2 heterocycles. The first kappa shape index (κ1) is 18.5. The number of halogens is 3. The van der Waals surface area contributed by atoms with E-state index in [0.29, 0.717) is 30.0 Å². The normalized spacial score (nSPS) is 16.9. The van der Waals surface area contributed by atoms with Crippen LogP contribution in [0.4, 0.5) is 10.2 Å². The molecule has 0 amide bonds. The zero-order valence-corrected chi connectivity index (χ0v) is 15.5. The third kappa shape index (κ3) is 4.47. The second kappa shape index (κ2) is 7.95. The summed E-state index contributed by atoms with van der Waals surface area (Å²) in [4.78, 5) is 10.2. The molecule has 0 bridgehead atoms. The molecule has 0 radical (unpaired) electrons. The van der Waals surface area contributed by atoms with E-state index in [4.69, 9.17) is 23.2 Å². The van der Waals surface area contributed by atoms with Crippen LogP contribution in [0.15, 0.2) is 24.4 Å². The Morgan fingerprint density at radius 2 is 2.04 bits per heavy atom. The van der Waals surface area contributed by atoms with Gasteiger partial charge in [0.2, 0.25) is 0 Å². The van der Waals surface area contributed by atoms with Gasteiger partial charge >= 0.3 is 0 Å². The third-order valence-electron chi connectivity index (χ3n) is 4.27. The van der Waals surface area contributed by atoms with E-state index in [-0.39, 0.29) is 27.8 Å². The molecule has 0 saturated carbocycles. The number of hydrogen-bond acceptors (Lipinski definition) is 5. The van der Waals surface area contributed by atoms with E-state index < -0.39 is 11.1 Å². The maximum absolute atomic E-state index is 14.3. The molecular formula is C16H15Cl2FN3O2S-. The predicted octanol–water partition coefficient (Wildman–Crippen LogP) is 3.69. The zero-order chi connectivity index (χ0) is 18.0. The number of rotatable bonds is 4. The highest BCUT2D eigenvalue weighted by molar-refractivity contribution is 7.78. The fraction of sp³-hybridized carbons (Fsp3) is 0.375. The van der Waals surface area contributed by atoms with Gasteiger partial charge in [0.15, 0.2) is 11.0 Å². The topological polar surface area (TPSA) is 69.2 Å². The summed E-state index contributed by atoms with van der Waals surface area (Å²) < 4.78 is 35.8. The van der Waals surface area contributed by atoms with Gasteiger partial charge in [-0.1, -0.05) is 46.4 Å². The Labute approximate surface area is 157 Å². The third-order valence-corrected chi connectivity index (χ3v) is 5.27. The van der Waals surface area contributed by atoms with Crippen LogP contribution in [-0.4, -0.2) is 31.8 Å². The fourth-order valence-electron chi connectivity index (χ4n) is 3.08. The van der Waals surface area contributed by atoms with E-state index in [1.807, 2.05) is 4.90 Å². The van der Waals surface area contributed by atoms with Crippen LogP contribution in [0.1, 0.15) is 29.9 Å². The molecule has 134 valence electrons. The summed E-state index contributed by atoms with van der Waals surface area (Å²) in [5.41, 5.74) is 1.07. The largest absolute Gasteiger partial charge is 0.772 e. The molecule has 1 aliphatic heterocycles. The Balaban J connectivity index is 1.69. The molecule has 1 fully saturated rings. The minimum absolute atomic E-state index is 0.0714. The summed E-state index contributed by atoms with van der Waals surface area (Å²) >= 11 is 9.63. The number of benzene rings is 1. The molecule has 0 spiro atoms. The zero-order valence-electron chi connectivity index (χ0n) is 13.1. The van der Waals surface area contributed by atoms with Gasteiger partial charge in [0.05, 0.1) is 6.20 Å². The molecule has 1 aromatic carbocycles. The van der Waals surface area contributed by atoms with Crippen LogP contribution in [0.25, 0.3) is 0 Å². The second-order valence-electron chi connectivity index (χ2n) is 5.87. The Bertz CT molecular complexity index is 801. The number of hydrogen-bond donors (Lipinski definition) is 0. The van der Waals surface area contributed by atoms with Gasteiger partial charge in [-0.15, -0.1) is 0 Å². The van der Waals surface area contributed by atoms with E-state index in [0.717, 1.165) is 12.8 Å². The van der Waals surface area contributed by atoms with Crippen molar-refractivity contribution in [2.45, 2.75) is 24.5 Å². The highest BCUT2D eigenvalue weighted by Crippen LogP contribution is 2.33. The molecule has 1 saturated heterocycles. The van der Waals surface area contributed by atoms with Crippen molar-refractivity contribution in [2.24, 2.45) is 0 Å². The van der Waals surface area contributed by atoms with Crippen molar-refractivity contribution >= 4 is 40.1 Å². The lowest BCUT2D eigenvalue weighted by molar-refractivity contribution is 0.479. The first-order chi connectivity index (χ1) is 11.9. The minimum Gasteiger partial charge on any atom is -0.772 e. The molecule has 2 aromatic rings. The summed E-state index contributed by atoms with van der Waals surface area (Å²) in [5.74, 6) is 0.120. The molecule has 1 aromatic heterocycles. The van der Waals surface area contributed by atoms with E-state index in [9.17, 15) is 13.2 Å². The Morgan fingerprint density at radius 1 is 1.32 bits per heavy atom. The number of anilines is 1. The smallest absolute Gasteiger partial charge is 0.173 e. The molecule has 0 N–H and O–H groups in total. The number of nitrogens with zero attached hydrogens (tertiary/aromatic N) is 3. The average molecular weight is 403 g/mol. The summed E-state index contributed by atoms with van der Waals surface area (Å²) in [6, 6.07) is 4.66. The van der Waals surface area contributed by atoms with Crippen molar-refractivity contribution in [1.29, 1.82) is 0 Å². The lowest BCUT2D eigenvalue weighted by atomic mass is 9.88. The van der Waals surface area contributed by atoms with E-state index >= 15 is 0 Å². The Morgan fingerprint density at radius 3 is 2.64 bits per heavy atom. The molecular weight excluding hydrogens is 388 g/mol. The molecule has 0 aliphatic carbocycles. The fourth-order valence-corrected chi connectivity index (χ4v) is 3.97. The van der Waals surface area contributed by atoms with Crippen molar-refractivity contribution in [3.8, 4) is 0 Å². The van der Waals surface area contributed by atoms with E-state index in [1.165, 1.54) is 12.3 Å². The van der Waals surface area contributed by atoms with Gasteiger partial charge in [0.25, 0.3) is 0 Å². The number of aromatic nitrogens is 2. The lowest BCUT2D eigenvalue weighted by Gasteiger charge is -2.33. The van der Waals surface area contributed by atoms with Gasteiger partial charge in [-0.2, -0.15) is 0 Å². The van der Waals surface area contributed by atoms with Crippen LogP contribution >= 0.6 is 23.2 Å². The second-order valence-corrected chi connectivity index (χ2v) is 7.51. The molecule has 1 unspecified atom stereocenters. The molecule has 1 atom stereocenters. The minimum atomic E-state index is -2.22. The Hall–Kier alpha value is -1.28. The van der Waals surface area contributed by atoms with Gasteiger partial charge in [-0.05, 0) is 36.0 Å². The van der Waals surface area contributed by atoms with Crippen molar-refractivity contribution in [1.82, 2.24) is 9.97 Å². The molecule has 5 nitrogen and oxygen atoms in total. The van der Waals surface area contributed by atoms with Crippen molar-refractivity contribution in [3.63, 3.8) is 0 Å². The molecule has 25 heavy (non-hydrogen) atoms. The summed E-state index contributed by atoms with van der Waals surface area (Å²) in [7, 11) is 0. The predicted molar refractivity (Wildman–Crippen MR) is 95.3 cm³/mol. The SMILES string of the molecule is O=S([O-])Cc1ccc(C2CCN(c3ncc(Cl)nc3Cl)CC2)c(F)c1. The summed E-state index contributed by atoms with van der Waals surface area (Å²) in [6.07, 6.45) is 2.93.